The SMILES string of the molecule is O=C(CN(C1CCCC1)S(=O)(=O)c1ccc(Br)cc1)N1CCNCC1.O=C(O)C(F)(F)F. The molecular weight excluding hydrogens is 519 g/mol. The molecule has 180 valence electrons. The summed E-state index contributed by atoms with van der Waals surface area (Å²) >= 11 is 3.33. The lowest BCUT2D eigenvalue weighted by Crippen LogP contribution is -2.51. The number of benzene rings is 1. The molecule has 0 spiro atoms. The van der Waals surface area contributed by atoms with Crippen molar-refractivity contribution < 1.29 is 36.3 Å². The van der Waals surface area contributed by atoms with Gasteiger partial charge in [0.1, 0.15) is 0 Å². The predicted molar refractivity (Wildman–Crippen MR) is 113 cm³/mol. The number of amides is 1. The Labute approximate surface area is 192 Å². The lowest BCUT2D eigenvalue weighted by atomic mass is 10.2. The van der Waals surface area contributed by atoms with E-state index in [1.54, 1.807) is 29.2 Å². The normalized spacial score (nSPS) is 17.7. The molecule has 1 saturated heterocycles. The van der Waals surface area contributed by atoms with Crippen LogP contribution in [-0.2, 0) is 19.6 Å². The summed E-state index contributed by atoms with van der Waals surface area (Å²) in [6, 6.07) is 6.55. The van der Waals surface area contributed by atoms with E-state index in [0.717, 1.165) is 43.2 Å². The second kappa shape index (κ2) is 11.4. The van der Waals surface area contributed by atoms with Crippen LogP contribution in [0.1, 0.15) is 25.7 Å². The molecule has 0 atom stereocenters. The number of hydrogen-bond donors (Lipinski definition) is 2. The molecule has 1 heterocycles. The third kappa shape index (κ3) is 7.42. The summed E-state index contributed by atoms with van der Waals surface area (Å²) in [5.41, 5.74) is 0. The van der Waals surface area contributed by atoms with E-state index < -0.39 is 22.2 Å². The van der Waals surface area contributed by atoms with Crippen LogP contribution in [0.15, 0.2) is 33.6 Å². The summed E-state index contributed by atoms with van der Waals surface area (Å²) in [6.07, 6.45) is -1.41. The number of carboxylic acids is 1. The number of nitrogens with zero attached hydrogens (tertiary/aromatic N) is 2. The first-order valence-corrected chi connectivity index (χ1v) is 12.2. The monoisotopic (exact) mass is 543 g/mol. The molecule has 1 amide bonds. The van der Waals surface area contributed by atoms with Crippen molar-refractivity contribution in [3.05, 3.63) is 28.7 Å². The summed E-state index contributed by atoms with van der Waals surface area (Å²) in [5, 5.41) is 10.3. The van der Waals surface area contributed by atoms with Crippen LogP contribution in [0.5, 0.6) is 0 Å². The lowest BCUT2D eigenvalue weighted by molar-refractivity contribution is -0.192. The van der Waals surface area contributed by atoms with Crippen molar-refractivity contribution in [2.24, 2.45) is 0 Å². The van der Waals surface area contributed by atoms with Crippen molar-refractivity contribution in [3.63, 3.8) is 0 Å². The summed E-state index contributed by atoms with van der Waals surface area (Å²) in [7, 11) is -3.69. The second-order valence-corrected chi connectivity index (χ2v) is 10.2. The predicted octanol–water partition coefficient (Wildman–Crippen LogP) is 2.45. The Bertz CT molecular complexity index is 884. The molecule has 2 aliphatic rings. The number of rotatable bonds is 5. The summed E-state index contributed by atoms with van der Waals surface area (Å²) < 4.78 is 60.4. The van der Waals surface area contributed by atoms with Crippen molar-refractivity contribution in [2.45, 2.75) is 42.8 Å². The highest BCUT2D eigenvalue weighted by Crippen LogP contribution is 2.29. The standard InChI is InChI=1S/C17H24BrN3O3S.C2HF3O2/c18-14-5-7-16(8-6-14)25(23,24)21(15-3-1-2-4-15)13-17(22)20-11-9-19-10-12-20;3-2(4,5)1(6)7/h5-8,15,19H,1-4,9-13H2;(H,6,7). The number of nitrogens with one attached hydrogen (secondary N) is 1. The van der Waals surface area contributed by atoms with Crippen LogP contribution >= 0.6 is 15.9 Å². The van der Waals surface area contributed by atoms with E-state index in [2.05, 4.69) is 21.2 Å². The zero-order valence-electron chi connectivity index (χ0n) is 17.1. The number of hydrogen-bond acceptors (Lipinski definition) is 5. The molecule has 0 bridgehead atoms. The van der Waals surface area contributed by atoms with Gasteiger partial charge >= 0.3 is 12.1 Å². The van der Waals surface area contributed by atoms with Crippen molar-refractivity contribution >= 4 is 37.8 Å². The van der Waals surface area contributed by atoms with Gasteiger partial charge in [-0.15, -0.1) is 0 Å². The molecule has 0 aromatic heterocycles. The molecule has 0 unspecified atom stereocenters. The molecule has 0 radical (unpaired) electrons. The largest absolute Gasteiger partial charge is 0.490 e. The number of carbonyl (C=O) groups is 2. The molecule has 1 aliphatic heterocycles. The number of halogens is 4. The topological polar surface area (TPSA) is 107 Å². The molecule has 1 aromatic rings. The van der Waals surface area contributed by atoms with Gasteiger partial charge in [0.05, 0.1) is 11.4 Å². The van der Waals surface area contributed by atoms with Gasteiger partial charge in [0.2, 0.25) is 15.9 Å². The Balaban J connectivity index is 0.000000451. The third-order valence-corrected chi connectivity index (χ3v) is 7.60. The Kier molecular flexibility index (Phi) is 9.49. The average Bonchev–Trinajstić information content (AvgIpc) is 3.27. The molecule has 1 aliphatic carbocycles. The van der Waals surface area contributed by atoms with Crippen molar-refractivity contribution in [3.8, 4) is 0 Å². The average molecular weight is 544 g/mol. The summed E-state index contributed by atoms with van der Waals surface area (Å²) in [4.78, 5) is 23.6. The van der Waals surface area contributed by atoms with E-state index in [-0.39, 0.29) is 23.4 Å². The molecule has 2 N–H and O–H groups in total. The minimum atomic E-state index is -5.08. The van der Waals surface area contributed by atoms with Crippen LogP contribution in [0.3, 0.4) is 0 Å². The smallest absolute Gasteiger partial charge is 0.475 e. The van der Waals surface area contributed by atoms with Crippen molar-refractivity contribution in [1.82, 2.24) is 14.5 Å². The summed E-state index contributed by atoms with van der Waals surface area (Å²) in [5.74, 6) is -2.86. The maximum Gasteiger partial charge on any atom is 0.490 e. The lowest BCUT2D eigenvalue weighted by Gasteiger charge is -2.32. The van der Waals surface area contributed by atoms with E-state index in [0.29, 0.717) is 13.1 Å². The Morgan fingerprint density at radius 3 is 2.09 bits per heavy atom. The third-order valence-electron chi connectivity index (χ3n) is 5.16. The molecule has 1 saturated carbocycles. The van der Waals surface area contributed by atoms with Crippen molar-refractivity contribution in [2.75, 3.05) is 32.7 Å². The first-order chi connectivity index (χ1) is 14.9. The van der Waals surface area contributed by atoms with Crippen LogP contribution in [0, 0.1) is 0 Å². The van der Waals surface area contributed by atoms with Crippen LogP contribution < -0.4 is 5.32 Å². The van der Waals surface area contributed by atoms with Crippen molar-refractivity contribution in [1.29, 1.82) is 0 Å². The Hall–Kier alpha value is -1.70. The maximum atomic E-state index is 13.2. The van der Waals surface area contributed by atoms with E-state index in [9.17, 15) is 26.4 Å². The van der Waals surface area contributed by atoms with E-state index >= 15 is 0 Å². The fourth-order valence-electron chi connectivity index (χ4n) is 3.49. The zero-order chi connectivity index (χ0) is 23.9. The number of sulfonamides is 1. The van der Waals surface area contributed by atoms with Crippen LogP contribution in [-0.4, -0.2) is 79.5 Å². The van der Waals surface area contributed by atoms with E-state index in [1.807, 2.05) is 0 Å². The first-order valence-electron chi connectivity index (χ1n) is 9.99. The fourth-order valence-corrected chi connectivity index (χ4v) is 5.39. The van der Waals surface area contributed by atoms with Gasteiger partial charge in [0.25, 0.3) is 0 Å². The van der Waals surface area contributed by atoms with Gasteiger partial charge in [-0.3, -0.25) is 4.79 Å². The van der Waals surface area contributed by atoms with E-state index in [4.69, 9.17) is 9.90 Å². The Morgan fingerprint density at radius 1 is 1.12 bits per heavy atom. The summed E-state index contributed by atoms with van der Waals surface area (Å²) in [6.45, 7) is 2.72. The fraction of sp³-hybridized carbons (Fsp3) is 0.579. The highest BCUT2D eigenvalue weighted by molar-refractivity contribution is 9.10. The zero-order valence-corrected chi connectivity index (χ0v) is 19.5. The van der Waals surface area contributed by atoms with Gasteiger partial charge < -0.3 is 15.3 Å². The second-order valence-electron chi connectivity index (χ2n) is 7.38. The number of alkyl halides is 3. The van der Waals surface area contributed by atoms with Gasteiger partial charge in [-0.05, 0) is 37.1 Å². The molecular formula is C19H25BrF3N3O5S. The Morgan fingerprint density at radius 2 is 1.62 bits per heavy atom. The van der Waals surface area contributed by atoms with Gasteiger partial charge in [-0.25, -0.2) is 13.2 Å². The quantitative estimate of drug-likeness (QED) is 0.590. The molecule has 8 nitrogen and oxygen atoms in total. The molecule has 32 heavy (non-hydrogen) atoms. The maximum absolute atomic E-state index is 13.2. The first kappa shape index (κ1) is 26.6. The van der Waals surface area contributed by atoms with Gasteiger partial charge in [0, 0.05) is 36.7 Å². The highest BCUT2D eigenvalue weighted by Gasteiger charge is 2.38. The molecule has 1 aromatic carbocycles. The van der Waals surface area contributed by atoms with Gasteiger partial charge in [0.15, 0.2) is 0 Å². The van der Waals surface area contributed by atoms with E-state index in [1.165, 1.54) is 4.31 Å². The number of aliphatic carboxylic acids is 1. The molecule has 3 rings (SSSR count). The minimum absolute atomic E-state index is 0.0664. The number of piperazine rings is 1. The molecule has 13 heteroatoms. The van der Waals surface area contributed by atoms with Crippen LogP contribution in [0.4, 0.5) is 13.2 Å². The van der Waals surface area contributed by atoms with Gasteiger partial charge in [-0.1, -0.05) is 28.8 Å². The van der Waals surface area contributed by atoms with Gasteiger partial charge in [-0.2, -0.15) is 17.5 Å². The number of carbonyl (C=O) groups excluding carboxylic acids is 1. The number of carboxylic acid groups (broad SMARTS) is 1. The highest BCUT2D eigenvalue weighted by atomic mass is 79.9. The molecule has 2 fully saturated rings. The minimum Gasteiger partial charge on any atom is -0.475 e. The van der Waals surface area contributed by atoms with Crippen LogP contribution in [0.2, 0.25) is 0 Å². The van der Waals surface area contributed by atoms with Crippen LogP contribution in [0.25, 0.3) is 0 Å².